The quantitative estimate of drug-likeness (QED) is 0.123. The molecular formula is C31H35N7O5S. The molecule has 0 aliphatic carbocycles. The number of sulfonamides is 1. The fourth-order valence-corrected chi connectivity index (χ4v) is 6.14. The predicted molar refractivity (Wildman–Crippen MR) is 167 cm³/mol. The van der Waals surface area contributed by atoms with Crippen LogP contribution in [0.4, 0.5) is 0 Å². The molecule has 0 bridgehead atoms. The van der Waals surface area contributed by atoms with E-state index >= 15 is 0 Å². The number of hydrogen-bond acceptors (Lipinski definition) is 8. The van der Waals surface area contributed by atoms with Crippen LogP contribution in [0.25, 0.3) is 22.0 Å². The van der Waals surface area contributed by atoms with Gasteiger partial charge in [-0.15, -0.1) is 0 Å². The first kappa shape index (κ1) is 30.9. The number of carboxylic acid groups (broad SMARTS) is 1. The highest BCUT2D eigenvalue weighted by atomic mass is 32.2. The van der Waals surface area contributed by atoms with Crippen LogP contribution in [0.15, 0.2) is 90.0 Å². The molecule has 2 heterocycles. The molecule has 0 saturated carbocycles. The van der Waals surface area contributed by atoms with E-state index in [2.05, 4.69) is 31.1 Å². The van der Waals surface area contributed by atoms with E-state index in [-0.39, 0.29) is 11.2 Å². The maximum atomic E-state index is 13.0. The average Bonchev–Trinajstić information content (AvgIpc) is 3.36. The lowest BCUT2D eigenvalue weighted by Gasteiger charge is -2.22. The number of carboxylic acids is 1. The van der Waals surface area contributed by atoms with Crippen molar-refractivity contribution in [3.63, 3.8) is 0 Å². The van der Waals surface area contributed by atoms with E-state index < -0.39 is 34.5 Å². The Morgan fingerprint density at radius 3 is 2.52 bits per heavy atom. The van der Waals surface area contributed by atoms with Gasteiger partial charge in [0.2, 0.25) is 10.0 Å². The van der Waals surface area contributed by atoms with Gasteiger partial charge < -0.3 is 15.7 Å². The molecule has 13 heteroatoms. The number of benzene rings is 3. The minimum absolute atomic E-state index is 0.0315. The minimum Gasteiger partial charge on any atom is -0.480 e. The molecule has 2 unspecified atom stereocenters. The SMILES string of the molecule is Cn1nc(CCCNC2NC=CCN2)c2ccc(C(=O)NCC(NS(=O)(=O)c3ccc(-c4ccccc4)cc3)C(=O)O)cc21. The van der Waals surface area contributed by atoms with Gasteiger partial charge in [0, 0.05) is 31.1 Å². The molecule has 230 valence electrons. The summed E-state index contributed by atoms with van der Waals surface area (Å²) in [6, 6.07) is 19.2. The fourth-order valence-electron chi connectivity index (χ4n) is 4.95. The van der Waals surface area contributed by atoms with Crippen molar-refractivity contribution in [2.75, 3.05) is 19.6 Å². The summed E-state index contributed by atoms with van der Waals surface area (Å²) in [5, 5.41) is 27.7. The Morgan fingerprint density at radius 2 is 1.82 bits per heavy atom. The third kappa shape index (κ3) is 7.50. The number of fused-ring (bicyclic) bond motifs is 1. The Hall–Kier alpha value is -4.56. The number of nitrogens with one attached hydrogen (secondary N) is 5. The van der Waals surface area contributed by atoms with Crippen molar-refractivity contribution in [1.29, 1.82) is 0 Å². The van der Waals surface area contributed by atoms with Crippen molar-refractivity contribution in [1.82, 2.24) is 35.8 Å². The number of hydrogen-bond donors (Lipinski definition) is 6. The second-order valence-corrected chi connectivity index (χ2v) is 12.1. The summed E-state index contributed by atoms with van der Waals surface area (Å²) < 4.78 is 29.8. The summed E-state index contributed by atoms with van der Waals surface area (Å²) in [4.78, 5) is 24.8. The maximum Gasteiger partial charge on any atom is 0.323 e. The highest BCUT2D eigenvalue weighted by Crippen LogP contribution is 2.22. The molecule has 2 atom stereocenters. The molecule has 3 aromatic carbocycles. The van der Waals surface area contributed by atoms with Crippen LogP contribution in [0, 0.1) is 0 Å². The molecule has 1 aliphatic rings. The molecule has 0 radical (unpaired) electrons. The highest BCUT2D eigenvalue weighted by molar-refractivity contribution is 7.89. The van der Waals surface area contributed by atoms with Crippen LogP contribution in [-0.2, 0) is 28.3 Å². The standard InChI is InChI=1S/C31H35N7O5S/c1-38-28-19-23(12-15-25(28)26(36-38)9-5-16-32-31-33-17-6-18-34-31)29(39)35-20-27(30(40)41)37-44(42,43)24-13-10-22(11-14-24)21-7-3-2-4-8-21/h2-4,6-8,10-15,17,19,27,31-34,37H,5,9,16,18,20H2,1H3,(H,35,39)(H,40,41). The number of rotatable bonds is 13. The first-order valence-corrected chi connectivity index (χ1v) is 15.7. The third-order valence-corrected chi connectivity index (χ3v) is 8.77. The minimum atomic E-state index is -4.17. The van der Waals surface area contributed by atoms with Gasteiger partial charge in [0.25, 0.3) is 5.91 Å². The van der Waals surface area contributed by atoms with E-state index in [1.165, 1.54) is 12.1 Å². The van der Waals surface area contributed by atoms with Gasteiger partial charge in [-0.1, -0.05) is 54.6 Å². The molecule has 1 aromatic heterocycles. The Labute approximate surface area is 255 Å². The molecule has 12 nitrogen and oxygen atoms in total. The summed E-state index contributed by atoms with van der Waals surface area (Å²) in [6.07, 6.45) is 5.56. The molecule has 0 spiro atoms. The average molecular weight is 618 g/mol. The lowest BCUT2D eigenvalue weighted by molar-refractivity contribution is -0.138. The lowest BCUT2D eigenvalue weighted by Crippen LogP contribution is -2.53. The molecule has 44 heavy (non-hydrogen) atoms. The van der Waals surface area contributed by atoms with Gasteiger partial charge in [0.1, 0.15) is 12.3 Å². The van der Waals surface area contributed by atoms with Crippen molar-refractivity contribution in [2.45, 2.75) is 30.1 Å². The number of aryl methyl sites for hydroxylation is 2. The number of amides is 1. The number of aromatic nitrogens is 2. The van der Waals surface area contributed by atoms with Crippen LogP contribution in [0.5, 0.6) is 0 Å². The Balaban J connectivity index is 1.18. The molecule has 4 aromatic rings. The van der Waals surface area contributed by atoms with Crippen molar-refractivity contribution in [3.05, 3.63) is 96.3 Å². The molecule has 1 amide bonds. The van der Waals surface area contributed by atoms with Crippen LogP contribution in [0.2, 0.25) is 0 Å². The number of carbonyl (C=O) groups excluding carboxylic acids is 1. The van der Waals surface area contributed by atoms with Crippen molar-refractivity contribution >= 4 is 32.8 Å². The molecule has 5 rings (SSSR count). The van der Waals surface area contributed by atoms with Crippen molar-refractivity contribution in [3.8, 4) is 11.1 Å². The molecule has 1 aliphatic heterocycles. The summed E-state index contributed by atoms with van der Waals surface area (Å²) in [6.45, 7) is 1.14. The Bertz CT molecular complexity index is 1760. The van der Waals surface area contributed by atoms with Gasteiger partial charge in [-0.25, -0.2) is 8.42 Å². The van der Waals surface area contributed by atoms with E-state index in [0.29, 0.717) is 5.56 Å². The smallest absolute Gasteiger partial charge is 0.323 e. The number of nitrogens with zero attached hydrogens (tertiary/aromatic N) is 2. The van der Waals surface area contributed by atoms with Gasteiger partial charge in [-0.3, -0.25) is 24.9 Å². The fraction of sp³-hybridized carbons (Fsp3) is 0.258. The molecule has 0 saturated heterocycles. The maximum absolute atomic E-state index is 13.0. The topological polar surface area (TPSA) is 166 Å². The predicted octanol–water partition coefficient (Wildman–Crippen LogP) is 1.91. The van der Waals surface area contributed by atoms with Crippen molar-refractivity contribution in [2.24, 2.45) is 7.05 Å². The van der Waals surface area contributed by atoms with Crippen LogP contribution >= 0.6 is 0 Å². The molecule has 0 fully saturated rings. The zero-order chi connectivity index (χ0) is 31.1. The molecule has 6 N–H and O–H groups in total. The number of carbonyl (C=O) groups is 2. The normalized spacial score (nSPS) is 15.5. The Kier molecular flexibility index (Phi) is 9.70. The van der Waals surface area contributed by atoms with E-state index in [0.717, 1.165) is 53.7 Å². The largest absolute Gasteiger partial charge is 0.480 e. The number of aliphatic carboxylic acids is 1. The van der Waals surface area contributed by atoms with Crippen LogP contribution < -0.4 is 26.0 Å². The van der Waals surface area contributed by atoms with E-state index in [9.17, 15) is 23.1 Å². The second-order valence-electron chi connectivity index (χ2n) is 10.4. The summed E-state index contributed by atoms with van der Waals surface area (Å²) in [5.74, 6) is -1.94. The van der Waals surface area contributed by atoms with Gasteiger partial charge in [-0.05, 0) is 61.0 Å². The van der Waals surface area contributed by atoms with Gasteiger partial charge in [0.05, 0.1) is 16.1 Å². The summed E-state index contributed by atoms with van der Waals surface area (Å²) in [5.41, 5.74) is 3.73. The van der Waals surface area contributed by atoms with Crippen LogP contribution in [-0.4, -0.2) is 67.1 Å². The zero-order valence-corrected chi connectivity index (χ0v) is 25.0. The lowest BCUT2D eigenvalue weighted by atomic mass is 10.1. The molecular weight excluding hydrogens is 582 g/mol. The van der Waals surface area contributed by atoms with Gasteiger partial charge in [0.15, 0.2) is 0 Å². The van der Waals surface area contributed by atoms with Gasteiger partial charge >= 0.3 is 5.97 Å². The van der Waals surface area contributed by atoms with E-state index in [4.69, 9.17) is 0 Å². The van der Waals surface area contributed by atoms with E-state index in [1.807, 2.05) is 48.7 Å². The van der Waals surface area contributed by atoms with Crippen LogP contribution in [0.3, 0.4) is 0 Å². The van der Waals surface area contributed by atoms with Gasteiger partial charge in [-0.2, -0.15) is 9.82 Å². The Morgan fingerprint density at radius 1 is 1.07 bits per heavy atom. The second kappa shape index (κ2) is 13.8. The zero-order valence-electron chi connectivity index (χ0n) is 24.2. The first-order valence-electron chi connectivity index (χ1n) is 14.2. The first-order chi connectivity index (χ1) is 21.2. The van der Waals surface area contributed by atoms with Crippen LogP contribution in [0.1, 0.15) is 22.5 Å². The highest BCUT2D eigenvalue weighted by Gasteiger charge is 2.26. The summed E-state index contributed by atoms with van der Waals surface area (Å²) >= 11 is 0. The monoisotopic (exact) mass is 617 g/mol. The van der Waals surface area contributed by atoms with E-state index in [1.54, 1.807) is 36.0 Å². The van der Waals surface area contributed by atoms with Crippen molar-refractivity contribution < 1.29 is 23.1 Å². The third-order valence-electron chi connectivity index (χ3n) is 7.28. The summed E-state index contributed by atoms with van der Waals surface area (Å²) in [7, 11) is -2.37.